The van der Waals surface area contributed by atoms with Crippen LogP contribution in [0.2, 0.25) is 0 Å². The van der Waals surface area contributed by atoms with Crippen molar-refractivity contribution in [2.24, 2.45) is 0 Å². The van der Waals surface area contributed by atoms with E-state index in [1.807, 2.05) is 6.07 Å². The minimum atomic E-state index is 0.869. The normalized spacial score (nSPS) is 12.0. The average Bonchev–Trinajstić information content (AvgIpc) is 2.60. The number of anilines is 1. The van der Waals surface area contributed by atoms with Gasteiger partial charge in [0.2, 0.25) is 0 Å². The fraction of sp³-hybridized carbons (Fsp3) is 0.0909. The largest absolute Gasteiger partial charge is 0.398 e. The van der Waals surface area contributed by atoms with Crippen molar-refractivity contribution in [1.82, 2.24) is 0 Å². The third-order valence-electron chi connectivity index (χ3n) is 5.13. The van der Waals surface area contributed by atoms with Crippen LogP contribution in [0.1, 0.15) is 12.5 Å². The average molecular weight is 295 g/mol. The molecule has 5 rings (SSSR count). The number of fused-ring (bicyclic) bond motifs is 2. The van der Waals surface area contributed by atoms with Crippen LogP contribution in [0.25, 0.3) is 43.1 Å². The Kier molecular flexibility index (Phi) is 2.41. The van der Waals surface area contributed by atoms with Crippen molar-refractivity contribution in [3.63, 3.8) is 0 Å². The van der Waals surface area contributed by atoms with Gasteiger partial charge < -0.3 is 5.73 Å². The zero-order valence-electron chi connectivity index (χ0n) is 13.1. The summed E-state index contributed by atoms with van der Waals surface area (Å²) >= 11 is 0. The van der Waals surface area contributed by atoms with Crippen molar-refractivity contribution in [3.8, 4) is 0 Å². The molecule has 0 aliphatic heterocycles. The van der Waals surface area contributed by atoms with Crippen LogP contribution in [0, 0.1) is 0 Å². The van der Waals surface area contributed by atoms with Crippen LogP contribution < -0.4 is 5.73 Å². The van der Waals surface area contributed by atoms with Gasteiger partial charge in [0.25, 0.3) is 0 Å². The predicted molar refractivity (Wildman–Crippen MR) is 101 cm³/mol. The molecule has 0 saturated carbocycles. The lowest BCUT2D eigenvalue weighted by Crippen LogP contribution is -1.94. The zero-order chi connectivity index (χ0) is 15.6. The molecule has 0 radical (unpaired) electrons. The molecule has 23 heavy (non-hydrogen) atoms. The quantitative estimate of drug-likeness (QED) is 0.233. The molecule has 5 aromatic rings. The molecule has 0 saturated heterocycles. The summed E-state index contributed by atoms with van der Waals surface area (Å²) in [6.45, 7) is 2.23. The maximum Gasteiger partial charge on any atom is 0.0400 e. The molecule has 0 aliphatic rings. The Morgan fingerprint density at radius 1 is 0.652 bits per heavy atom. The van der Waals surface area contributed by atoms with E-state index in [0.717, 1.165) is 12.1 Å². The maximum absolute atomic E-state index is 6.42. The predicted octanol–water partition coefficient (Wildman–Crippen LogP) is 5.88. The van der Waals surface area contributed by atoms with Gasteiger partial charge in [-0.2, -0.15) is 0 Å². The van der Waals surface area contributed by atoms with Crippen LogP contribution in [-0.2, 0) is 6.42 Å². The summed E-state index contributed by atoms with van der Waals surface area (Å²) in [7, 11) is 0. The van der Waals surface area contributed by atoms with Crippen molar-refractivity contribution in [3.05, 3.63) is 66.2 Å². The van der Waals surface area contributed by atoms with Crippen LogP contribution >= 0.6 is 0 Å². The van der Waals surface area contributed by atoms with Gasteiger partial charge in [-0.1, -0.05) is 61.5 Å². The molecular weight excluding hydrogens is 278 g/mol. The van der Waals surface area contributed by atoms with Crippen molar-refractivity contribution < 1.29 is 0 Å². The first-order chi connectivity index (χ1) is 11.3. The van der Waals surface area contributed by atoms with Crippen molar-refractivity contribution >= 4 is 48.8 Å². The molecule has 0 fully saturated rings. The van der Waals surface area contributed by atoms with Gasteiger partial charge in [0.15, 0.2) is 0 Å². The second-order valence-electron chi connectivity index (χ2n) is 6.29. The Balaban J connectivity index is 2.29. The van der Waals surface area contributed by atoms with Crippen LogP contribution in [-0.4, -0.2) is 0 Å². The summed E-state index contributed by atoms with van der Waals surface area (Å²) in [6.07, 6.45) is 1.03. The first kappa shape index (κ1) is 12.7. The number of benzene rings is 5. The summed E-state index contributed by atoms with van der Waals surface area (Å²) in [6, 6.07) is 21.8. The number of hydrogen-bond donors (Lipinski definition) is 1. The Morgan fingerprint density at radius 2 is 1.30 bits per heavy atom. The molecule has 0 spiro atoms. The monoisotopic (exact) mass is 295 g/mol. The Labute approximate surface area is 134 Å². The lowest BCUT2D eigenvalue weighted by atomic mass is 9.86. The fourth-order valence-corrected chi connectivity index (χ4v) is 4.13. The van der Waals surface area contributed by atoms with Gasteiger partial charge in [-0.3, -0.25) is 0 Å². The number of hydrogen-bond acceptors (Lipinski definition) is 1. The summed E-state index contributed by atoms with van der Waals surface area (Å²) in [4.78, 5) is 0. The standard InChI is InChI=1S/C22H17N/c1-2-13-9-10-15-11-12-18(23)22-17-8-4-6-14-5-3-7-16(19(14)17)20(13)21(15)22/h3-12H,2,23H2,1H3. The highest BCUT2D eigenvalue weighted by molar-refractivity contribution is 6.35. The Morgan fingerprint density at radius 3 is 2.04 bits per heavy atom. The summed E-state index contributed by atoms with van der Waals surface area (Å²) in [5.74, 6) is 0. The van der Waals surface area contributed by atoms with Crippen molar-refractivity contribution in [2.45, 2.75) is 13.3 Å². The van der Waals surface area contributed by atoms with E-state index >= 15 is 0 Å². The summed E-state index contributed by atoms with van der Waals surface area (Å²) < 4.78 is 0. The maximum atomic E-state index is 6.42. The zero-order valence-corrected chi connectivity index (χ0v) is 13.1. The molecule has 110 valence electrons. The Bertz CT molecular complexity index is 1200. The summed E-state index contributed by atoms with van der Waals surface area (Å²) in [5, 5.41) is 10.4. The molecule has 0 bridgehead atoms. The smallest absolute Gasteiger partial charge is 0.0400 e. The number of rotatable bonds is 1. The number of nitrogens with two attached hydrogens (primary N) is 1. The molecule has 0 heterocycles. The third kappa shape index (κ3) is 1.52. The van der Waals surface area contributed by atoms with E-state index in [4.69, 9.17) is 5.73 Å². The molecule has 1 nitrogen and oxygen atoms in total. The van der Waals surface area contributed by atoms with Gasteiger partial charge in [0, 0.05) is 11.1 Å². The second-order valence-corrected chi connectivity index (χ2v) is 6.29. The molecule has 0 aromatic heterocycles. The first-order valence-electron chi connectivity index (χ1n) is 8.16. The van der Waals surface area contributed by atoms with E-state index in [1.54, 1.807) is 0 Å². The third-order valence-corrected chi connectivity index (χ3v) is 5.13. The van der Waals surface area contributed by atoms with Gasteiger partial charge in [0.1, 0.15) is 0 Å². The van der Waals surface area contributed by atoms with Gasteiger partial charge in [-0.05, 0) is 55.8 Å². The van der Waals surface area contributed by atoms with E-state index in [1.165, 1.54) is 48.7 Å². The molecule has 0 aliphatic carbocycles. The molecule has 0 unspecified atom stereocenters. The number of nitrogen functional groups attached to an aromatic ring is 1. The Hall–Kier alpha value is -2.80. The highest BCUT2D eigenvalue weighted by atomic mass is 14.6. The second kappa shape index (κ2) is 4.36. The fourth-order valence-electron chi connectivity index (χ4n) is 4.13. The van der Waals surface area contributed by atoms with Gasteiger partial charge in [-0.25, -0.2) is 0 Å². The van der Waals surface area contributed by atoms with Gasteiger partial charge in [0.05, 0.1) is 0 Å². The minimum Gasteiger partial charge on any atom is -0.398 e. The minimum absolute atomic E-state index is 0.869. The molecule has 0 amide bonds. The van der Waals surface area contributed by atoms with Crippen LogP contribution in [0.5, 0.6) is 0 Å². The van der Waals surface area contributed by atoms with Crippen molar-refractivity contribution in [1.29, 1.82) is 0 Å². The number of aryl methyl sites for hydroxylation is 1. The molecule has 2 N–H and O–H groups in total. The van der Waals surface area contributed by atoms with Gasteiger partial charge >= 0.3 is 0 Å². The van der Waals surface area contributed by atoms with Gasteiger partial charge in [-0.15, -0.1) is 0 Å². The lowest BCUT2D eigenvalue weighted by Gasteiger charge is -2.17. The highest BCUT2D eigenvalue weighted by Gasteiger charge is 2.16. The molecule has 0 atom stereocenters. The lowest BCUT2D eigenvalue weighted by molar-refractivity contribution is 1.16. The van der Waals surface area contributed by atoms with Crippen molar-refractivity contribution in [2.75, 3.05) is 5.73 Å². The van der Waals surface area contributed by atoms with Crippen LogP contribution in [0.3, 0.4) is 0 Å². The first-order valence-corrected chi connectivity index (χ1v) is 8.16. The summed E-state index contributed by atoms with van der Waals surface area (Å²) in [5.41, 5.74) is 8.69. The van der Waals surface area contributed by atoms with E-state index in [9.17, 15) is 0 Å². The molecule has 5 aromatic carbocycles. The van der Waals surface area contributed by atoms with E-state index in [-0.39, 0.29) is 0 Å². The molecular formula is C22H17N. The van der Waals surface area contributed by atoms with E-state index in [0.29, 0.717) is 0 Å². The van der Waals surface area contributed by atoms with E-state index < -0.39 is 0 Å². The van der Waals surface area contributed by atoms with E-state index in [2.05, 4.69) is 61.5 Å². The highest BCUT2D eigenvalue weighted by Crippen LogP contribution is 2.43. The van der Waals surface area contributed by atoms with Crippen LogP contribution in [0.4, 0.5) is 5.69 Å². The molecule has 1 heteroatoms. The topological polar surface area (TPSA) is 26.0 Å². The SMILES string of the molecule is CCc1ccc2ccc(N)c3c4cccc5cccc(c1c23)c54. The van der Waals surface area contributed by atoms with Crippen LogP contribution in [0.15, 0.2) is 60.7 Å².